The fourth-order valence-electron chi connectivity index (χ4n) is 2.26. The Labute approximate surface area is 129 Å². The van der Waals surface area contributed by atoms with Crippen molar-refractivity contribution in [3.05, 3.63) is 58.3 Å². The first-order valence-corrected chi connectivity index (χ1v) is 7.13. The number of hydrogen-bond donors (Lipinski definition) is 1. The van der Waals surface area contributed by atoms with Crippen LogP contribution in [0.2, 0.25) is 0 Å². The molecule has 0 aliphatic carbocycles. The lowest BCUT2D eigenvalue weighted by molar-refractivity contribution is 0.439. The second-order valence-corrected chi connectivity index (χ2v) is 5.66. The molecule has 0 unspecified atom stereocenters. The molecule has 2 N–H and O–H groups in total. The highest BCUT2D eigenvalue weighted by Crippen LogP contribution is 2.38. The van der Waals surface area contributed by atoms with Crippen molar-refractivity contribution in [1.29, 1.82) is 0 Å². The van der Waals surface area contributed by atoms with Crippen LogP contribution in [0, 0.1) is 12.7 Å². The largest absolute Gasteiger partial charge is 0.367 e. The first-order chi connectivity index (χ1) is 10.1. The third-order valence-corrected chi connectivity index (χ3v) is 3.78. The van der Waals surface area contributed by atoms with Crippen molar-refractivity contribution >= 4 is 21.8 Å². The molecule has 21 heavy (non-hydrogen) atoms. The maximum Gasteiger partial charge on any atom is 0.230 e. The van der Waals surface area contributed by atoms with Crippen LogP contribution in [0.3, 0.4) is 0 Å². The van der Waals surface area contributed by atoms with E-state index < -0.39 is 0 Å². The van der Waals surface area contributed by atoms with E-state index in [-0.39, 0.29) is 11.7 Å². The van der Waals surface area contributed by atoms with Crippen LogP contribution in [0.15, 0.2) is 51.5 Å². The first kappa shape index (κ1) is 13.8. The standard InChI is InChI=1S/C16H12BrFN2O/c1-9-5-6-11(17)8-13(9)15-14(16(19)21-20-15)10-3-2-4-12(18)7-10/h2-8H,19H2,1H3. The van der Waals surface area contributed by atoms with Gasteiger partial charge >= 0.3 is 0 Å². The number of benzene rings is 2. The molecule has 3 aromatic rings. The minimum atomic E-state index is -0.329. The molecule has 106 valence electrons. The molecule has 0 saturated heterocycles. The number of halogens is 2. The Morgan fingerprint density at radius 2 is 2.00 bits per heavy atom. The number of nitrogens with two attached hydrogens (primary N) is 1. The highest BCUT2D eigenvalue weighted by atomic mass is 79.9. The van der Waals surface area contributed by atoms with Crippen LogP contribution >= 0.6 is 15.9 Å². The molecule has 0 bridgehead atoms. The summed E-state index contributed by atoms with van der Waals surface area (Å²) in [5, 5.41) is 4.05. The summed E-state index contributed by atoms with van der Waals surface area (Å²) >= 11 is 3.44. The van der Waals surface area contributed by atoms with Gasteiger partial charge in [-0.3, -0.25) is 0 Å². The molecule has 0 atom stereocenters. The second-order valence-electron chi connectivity index (χ2n) is 4.74. The Hall–Kier alpha value is -2.14. The number of nitrogen functional groups attached to an aromatic ring is 1. The van der Waals surface area contributed by atoms with Gasteiger partial charge in [0.1, 0.15) is 11.5 Å². The fraction of sp³-hybridized carbons (Fsp3) is 0.0625. The summed E-state index contributed by atoms with van der Waals surface area (Å²) in [5.41, 5.74) is 9.67. The van der Waals surface area contributed by atoms with Crippen molar-refractivity contribution in [3.63, 3.8) is 0 Å². The van der Waals surface area contributed by atoms with E-state index >= 15 is 0 Å². The van der Waals surface area contributed by atoms with E-state index in [1.165, 1.54) is 12.1 Å². The van der Waals surface area contributed by atoms with E-state index in [9.17, 15) is 4.39 Å². The molecule has 0 fully saturated rings. The van der Waals surface area contributed by atoms with E-state index in [1.807, 2.05) is 25.1 Å². The molecule has 0 saturated carbocycles. The smallest absolute Gasteiger partial charge is 0.230 e. The van der Waals surface area contributed by atoms with E-state index in [0.29, 0.717) is 16.8 Å². The van der Waals surface area contributed by atoms with E-state index in [0.717, 1.165) is 15.6 Å². The van der Waals surface area contributed by atoms with Gasteiger partial charge in [-0.2, -0.15) is 0 Å². The number of rotatable bonds is 2. The summed E-state index contributed by atoms with van der Waals surface area (Å²) < 4.78 is 19.5. The van der Waals surface area contributed by atoms with Crippen LogP contribution in [0.1, 0.15) is 5.56 Å². The zero-order valence-electron chi connectivity index (χ0n) is 11.2. The topological polar surface area (TPSA) is 52.0 Å². The summed E-state index contributed by atoms with van der Waals surface area (Å²) in [6, 6.07) is 12.1. The molecule has 3 nitrogen and oxygen atoms in total. The lowest BCUT2D eigenvalue weighted by Gasteiger charge is -2.06. The Balaban J connectivity index is 2.24. The second kappa shape index (κ2) is 5.33. The molecule has 0 amide bonds. The van der Waals surface area contributed by atoms with Crippen molar-refractivity contribution in [2.24, 2.45) is 0 Å². The predicted octanol–water partition coefficient (Wildman–Crippen LogP) is 4.80. The summed E-state index contributed by atoms with van der Waals surface area (Å²) in [4.78, 5) is 0. The van der Waals surface area contributed by atoms with Crippen LogP contribution < -0.4 is 5.73 Å². The Kier molecular flexibility index (Phi) is 3.51. The molecule has 0 aliphatic heterocycles. The predicted molar refractivity (Wildman–Crippen MR) is 84.2 cm³/mol. The van der Waals surface area contributed by atoms with Crippen molar-refractivity contribution in [3.8, 4) is 22.4 Å². The van der Waals surface area contributed by atoms with Gasteiger partial charge in [-0.25, -0.2) is 4.39 Å². The van der Waals surface area contributed by atoms with Gasteiger partial charge in [-0.05, 0) is 42.3 Å². The molecule has 1 aromatic heterocycles. The lowest BCUT2D eigenvalue weighted by Crippen LogP contribution is -1.90. The number of nitrogens with zero attached hydrogens (tertiary/aromatic N) is 1. The Bertz CT molecular complexity index is 814. The van der Waals surface area contributed by atoms with Gasteiger partial charge in [0.05, 0.1) is 5.56 Å². The molecular weight excluding hydrogens is 335 g/mol. The van der Waals surface area contributed by atoms with Crippen molar-refractivity contribution in [2.75, 3.05) is 5.73 Å². The van der Waals surface area contributed by atoms with Gasteiger partial charge in [0, 0.05) is 10.0 Å². The molecule has 1 heterocycles. The summed E-state index contributed by atoms with van der Waals surface area (Å²) in [7, 11) is 0. The number of anilines is 1. The molecule has 0 aliphatic rings. The van der Waals surface area contributed by atoms with E-state index in [1.54, 1.807) is 12.1 Å². The van der Waals surface area contributed by atoms with Gasteiger partial charge in [0.15, 0.2) is 0 Å². The minimum absolute atomic E-state index is 0.176. The minimum Gasteiger partial charge on any atom is -0.367 e. The van der Waals surface area contributed by atoms with Crippen molar-refractivity contribution in [1.82, 2.24) is 5.16 Å². The highest BCUT2D eigenvalue weighted by molar-refractivity contribution is 9.10. The molecule has 3 rings (SSSR count). The molecular formula is C16H12BrFN2O. The maximum absolute atomic E-state index is 13.5. The van der Waals surface area contributed by atoms with Crippen LogP contribution in [-0.2, 0) is 0 Å². The maximum atomic E-state index is 13.5. The van der Waals surface area contributed by atoms with Gasteiger partial charge in [0.25, 0.3) is 0 Å². The quantitative estimate of drug-likeness (QED) is 0.724. The van der Waals surface area contributed by atoms with Crippen molar-refractivity contribution in [2.45, 2.75) is 6.92 Å². The molecule has 0 radical (unpaired) electrons. The molecule has 0 spiro atoms. The number of aromatic nitrogens is 1. The van der Waals surface area contributed by atoms with Gasteiger partial charge in [-0.15, -0.1) is 0 Å². The van der Waals surface area contributed by atoms with Crippen LogP contribution in [-0.4, -0.2) is 5.16 Å². The van der Waals surface area contributed by atoms with Crippen molar-refractivity contribution < 1.29 is 8.91 Å². The van der Waals surface area contributed by atoms with Gasteiger partial charge in [-0.1, -0.05) is 39.3 Å². The number of aryl methyl sites for hydroxylation is 1. The fourth-order valence-corrected chi connectivity index (χ4v) is 2.62. The average molecular weight is 347 g/mol. The first-order valence-electron chi connectivity index (χ1n) is 6.34. The zero-order valence-corrected chi connectivity index (χ0v) is 12.8. The normalized spacial score (nSPS) is 10.8. The summed E-state index contributed by atoms with van der Waals surface area (Å²) in [6.45, 7) is 1.97. The van der Waals surface area contributed by atoms with E-state index in [4.69, 9.17) is 10.3 Å². The molecule has 2 aromatic carbocycles. The average Bonchev–Trinajstić information content (AvgIpc) is 2.83. The van der Waals surface area contributed by atoms with Crippen LogP contribution in [0.5, 0.6) is 0 Å². The molecule has 5 heteroatoms. The third kappa shape index (κ3) is 2.56. The monoisotopic (exact) mass is 346 g/mol. The van der Waals surface area contributed by atoms with Crippen LogP contribution in [0.4, 0.5) is 10.3 Å². The number of hydrogen-bond acceptors (Lipinski definition) is 3. The highest BCUT2D eigenvalue weighted by Gasteiger charge is 2.19. The Morgan fingerprint density at radius 1 is 1.19 bits per heavy atom. The Morgan fingerprint density at radius 3 is 2.76 bits per heavy atom. The lowest BCUT2D eigenvalue weighted by atomic mass is 9.98. The van der Waals surface area contributed by atoms with E-state index in [2.05, 4.69) is 21.1 Å². The summed E-state index contributed by atoms with van der Waals surface area (Å²) in [6.07, 6.45) is 0. The summed E-state index contributed by atoms with van der Waals surface area (Å²) in [5.74, 6) is -0.153. The SMILES string of the molecule is Cc1ccc(Br)cc1-c1noc(N)c1-c1cccc(F)c1. The zero-order chi connectivity index (χ0) is 15.0. The van der Waals surface area contributed by atoms with Gasteiger partial charge < -0.3 is 10.3 Å². The third-order valence-electron chi connectivity index (χ3n) is 3.29. The van der Waals surface area contributed by atoms with Gasteiger partial charge in [0.2, 0.25) is 5.88 Å². The van der Waals surface area contributed by atoms with Crippen LogP contribution in [0.25, 0.3) is 22.4 Å².